The smallest absolute Gasteiger partial charge is 0.234 e. The number of hydrogen-bond donors (Lipinski definition) is 2. The highest BCUT2D eigenvalue weighted by atomic mass is 16.3. The van der Waals surface area contributed by atoms with Gasteiger partial charge < -0.3 is 10.4 Å². The number of piperidine rings is 1. The van der Waals surface area contributed by atoms with Crippen molar-refractivity contribution in [1.29, 1.82) is 0 Å². The molecule has 2 rings (SSSR count). The van der Waals surface area contributed by atoms with Crippen LogP contribution in [0.1, 0.15) is 39.0 Å². The van der Waals surface area contributed by atoms with Crippen LogP contribution in [0, 0.1) is 0 Å². The summed E-state index contributed by atoms with van der Waals surface area (Å²) in [6, 6.07) is 0.497. The summed E-state index contributed by atoms with van der Waals surface area (Å²) in [6.07, 6.45) is 9.17. The minimum atomic E-state index is -0.434. The molecule has 1 aliphatic heterocycles. The number of nitrogens with one attached hydrogen (secondary N) is 1. The molecule has 1 atom stereocenters. The fraction of sp³-hybridized carbons (Fsp3) is 0.786. The summed E-state index contributed by atoms with van der Waals surface area (Å²) < 4.78 is 0. The van der Waals surface area contributed by atoms with Gasteiger partial charge in [-0.05, 0) is 39.2 Å². The lowest BCUT2D eigenvalue weighted by molar-refractivity contribution is -0.125. The Morgan fingerprint density at radius 3 is 2.78 bits per heavy atom. The average Bonchev–Trinajstić information content (AvgIpc) is 2.81. The van der Waals surface area contributed by atoms with Gasteiger partial charge in [-0.3, -0.25) is 9.69 Å². The molecular weight excluding hydrogens is 228 g/mol. The normalized spacial score (nSPS) is 27.3. The van der Waals surface area contributed by atoms with Gasteiger partial charge in [0.2, 0.25) is 5.91 Å². The Bertz CT molecular complexity index is 320. The molecule has 0 aromatic heterocycles. The summed E-state index contributed by atoms with van der Waals surface area (Å²) in [7, 11) is 0. The van der Waals surface area contributed by atoms with Crippen molar-refractivity contribution in [3.63, 3.8) is 0 Å². The van der Waals surface area contributed by atoms with E-state index in [4.69, 9.17) is 0 Å². The Morgan fingerprint density at radius 1 is 1.44 bits per heavy atom. The maximum absolute atomic E-state index is 12.1. The second-order valence-corrected chi connectivity index (χ2v) is 5.68. The third-order valence-corrected chi connectivity index (χ3v) is 4.18. The van der Waals surface area contributed by atoms with Gasteiger partial charge in [0.25, 0.3) is 0 Å². The zero-order valence-electron chi connectivity index (χ0n) is 11.2. The molecule has 2 N–H and O–H groups in total. The van der Waals surface area contributed by atoms with Crippen LogP contribution in [0.5, 0.6) is 0 Å². The molecule has 0 saturated carbocycles. The number of rotatable bonds is 4. The molecule has 0 aromatic carbocycles. The first-order chi connectivity index (χ1) is 8.65. The summed E-state index contributed by atoms with van der Waals surface area (Å²) in [5, 5.41) is 12.5. The van der Waals surface area contributed by atoms with Crippen LogP contribution in [0.25, 0.3) is 0 Å². The Balaban J connectivity index is 1.84. The van der Waals surface area contributed by atoms with Gasteiger partial charge in [0, 0.05) is 6.04 Å². The van der Waals surface area contributed by atoms with Crippen LogP contribution in [0.15, 0.2) is 12.2 Å². The summed E-state index contributed by atoms with van der Waals surface area (Å²) in [6.45, 7) is 3.68. The molecule has 1 heterocycles. The molecule has 0 bridgehead atoms. The molecule has 4 nitrogen and oxygen atoms in total. The van der Waals surface area contributed by atoms with E-state index in [0.717, 1.165) is 19.4 Å². The first kappa shape index (κ1) is 13.6. The zero-order chi connectivity index (χ0) is 13.0. The zero-order valence-corrected chi connectivity index (χ0v) is 11.2. The highest BCUT2D eigenvalue weighted by molar-refractivity contribution is 5.79. The molecule has 1 unspecified atom stereocenters. The average molecular weight is 252 g/mol. The van der Waals surface area contributed by atoms with Crippen LogP contribution >= 0.6 is 0 Å². The number of carbonyl (C=O) groups is 1. The van der Waals surface area contributed by atoms with Crippen LogP contribution in [0.3, 0.4) is 0 Å². The van der Waals surface area contributed by atoms with Gasteiger partial charge in [0.1, 0.15) is 0 Å². The van der Waals surface area contributed by atoms with E-state index in [0.29, 0.717) is 12.6 Å². The van der Waals surface area contributed by atoms with E-state index in [1.54, 1.807) is 0 Å². The SMILES string of the molecule is CC1CCCCN1CC(=O)NC1(CO)CC=CC1. The molecular formula is C14H24N2O2. The predicted octanol–water partition coefficient (Wildman–Crippen LogP) is 1.06. The van der Waals surface area contributed by atoms with Crippen molar-refractivity contribution in [2.24, 2.45) is 0 Å². The molecule has 0 radical (unpaired) electrons. The largest absolute Gasteiger partial charge is 0.394 e. The number of nitrogens with zero attached hydrogens (tertiary/aromatic N) is 1. The number of aliphatic hydroxyl groups excluding tert-OH is 1. The number of likely N-dealkylation sites (tertiary alicyclic amines) is 1. The molecule has 0 aromatic rings. The minimum Gasteiger partial charge on any atom is -0.394 e. The summed E-state index contributed by atoms with van der Waals surface area (Å²) >= 11 is 0. The third-order valence-electron chi connectivity index (χ3n) is 4.18. The molecule has 1 saturated heterocycles. The van der Waals surface area contributed by atoms with Crippen molar-refractivity contribution in [2.75, 3.05) is 19.7 Å². The van der Waals surface area contributed by atoms with Crippen LogP contribution in [-0.2, 0) is 4.79 Å². The van der Waals surface area contributed by atoms with Crippen LogP contribution in [0.2, 0.25) is 0 Å². The molecule has 1 amide bonds. The Labute approximate surface area is 109 Å². The van der Waals surface area contributed by atoms with Gasteiger partial charge in [-0.2, -0.15) is 0 Å². The molecule has 1 aliphatic carbocycles. The second-order valence-electron chi connectivity index (χ2n) is 5.68. The highest BCUT2D eigenvalue weighted by Crippen LogP contribution is 2.23. The minimum absolute atomic E-state index is 0.0152. The van der Waals surface area contributed by atoms with Crippen molar-refractivity contribution in [1.82, 2.24) is 10.2 Å². The monoisotopic (exact) mass is 252 g/mol. The van der Waals surface area contributed by atoms with Gasteiger partial charge in [0.05, 0.1) is 18.7 Å². The molecule has 0 spiro atoms. The van der Waals surface area contributed by atoms with Gasteiger partial charge in [0.15, 0.2) is 0 Å². The van der Waals surface area contributed by atoms with Crippen molar-refractivity contribution >= 4 is 5.91 Å². The van der Waals surface area contributed by atoms with Gasteiger partial charge in [-0.1, -0.05) is 18.6 Å². The fourth-order valence-electron chi connectivity index (χ4n) is 2.88. The maximum Gasteiger partial charge on any atom is 0.234 e. The van der Waals surface area contributed by atoms with Gasteiger partial charge >= 0.3 is 0 Å². The van der Waals surface area contributed by atoms with Crippen molar-refractivity contribution in [3.8, 4) is 0 Å². The van der Waals surface area contributed by atoms with Gasteiger partial charge in [-0.25, -0.2) is 0 Å². The quantitative estimate of drug-likeness (QED) is 0.736. The number of carbonyl (C=O) groups excluding carboxylic acids is 1. The lowest BCUT2D eigenvalue weighted by Gasteiger charge is -2.34. The lowest BCUT2D eigenvalue weighted by Crippen LogP contribution is -2.53. The van der Waals surface area contributed by atoms with Crippen LogP contribution < -0.4 is 5.32 Å². The number of amides is 1. The third kappa shape index (κ3) is 3.12. The van der Waals surface area contributed by atoms with E-state index in [2.05, 4.69) is 17.1 Å². The van der Waals surface area contributed by atoms with Crippen molar-refractivity contribution in [2.45, 2.75) is 50.6 Å². The number of hydrogen-bond acceptors (Lipinski definition) is 3. The van der Waals surface area contributed by atoms with Crippen molar-refractivity contribution < 1.29 is 9.90 Å². The topological polar surface area (TPSA) is 52.6 Å². The molecule has 2 aliphatic rings. The predicted molar refractivity (Wildman–Crippen MR) is 71.2 cm³/mol. The molecule has 18 heavy (non-hydrogen) atoms. The lowest BCUT2D eigenvalue weighted by atomic mass is 9.97. The summed E-state index contributed by atoms with van der Waals surface area (Å²) in [5.74, 6) is 0.0431. The second kappa shape index (κ2) is 5.85. The molecule has 4 heteroatoms. The van der Waals surface area contributed by atoms with E-state index in [9.17, 15) is 9.90 Å². The van der Waals surface area contributed by atoms with E-state index >= 15 is 0 Å². The van der Waals surface area contributed by atoms with E-state index < -0.39 is 5.54 Å². The summed E-state index contributed by atoms with van der Waals surface area (Å²) in [4.78, 5) is 14.3. The van der Waals surface area contributed by atoms with Gasteiger partial charge in [-0.15, -0.1) is 0 Å². The Morgan fingerprint density at radius 2 is 2.17 bits per heavy atom. The summed E-state index contributed by atoms with van der Waals surface area (Å²) in [5.41, 5.74) is -0.434. The molecule has 1 fully saturated rings. The molecule has 102 valence electrons. The van der Waals surface area contributed by atoms with Crippen LogP contribution in [0.4, 0.5) is 0 Å². The fourth-order valence-corrected chi connectivity index (χ4v) is 2.88. The highest BCUT2D eigenvalue weighted by Gasteiger charge is 2.32. The first-order valence-electron chi connectivity index (χ1n) is 6.96. The van der Waals surface area contributed by atoms with E-state index in [1.165, 1.54) is 19.3 Å². The van der Waals surface area contributed by atoms with E-state index in [1.807, 2.05) is 12.2 Å². The first-order valence-corrected chi connectivity index (χ1v) is 6.96. The van der Waals surface area contributed by atoms with Crippen LogP contribution in [-0.4, -0.2) is 47.2 Å². The van der Waals surface area contributed by atoms with Crippen molar-refractivity contribution in [3.05, 3.63) is 12.2 Å². The Hall–Kier alpha value is -0.870. The number of aliphatic hydroxyl groups is 1. The Kier molecular flexibility index (Phi) is 4.40. The maximum atomic E-state index is 12.1. The van der Waals surface area contributed by atoms with E-state index in [-0.39, 0.29) is 12.5 Å². The standard InChI is InChI=1S/C14H24N2O2/c1-12-6-2-5-9-16(12)10-13(18)15-14(11-17)7-3-4-8-14/h3-4,12,17H,2,5-11H2,1H3,(H,15,18).